The van der Waals surface area contributed by atoms with Gasteiger partial charge in [0.1, 0.15) is 23.6 Å². The summed E-state index contributed by atoms with van der Waals surface area (Å²) in [7, 11) is 0. The Kier molecular flexibility index (Phi) is 5.29. The van der Waals surface area contributed by atoms with Gasteiger partial charge in [-0.05, 0) is 57.6 Å². The lowest BCUT2D eigenvalue weighted by Gasteiger charge is -2.22. The highest BCUT2D eigenvalue weighted by atomic mass is 16.5. The van der Waals surface area contributed by atoms with Crippen molar-refractivity contribution in [1.29, 1.82) is 0 Å². The van der Waals surface area contributed by atoms with Crippen molar-refractivity contribution in [2.24, 2.45) is 0 Å². The molecule has 2 aliphatic rings. The molecule has 2 aliphatic carbocycles. The minimum absolute atomic E-state index is 0.305. The Morgan fingerprint density at radius 1 is 1.07 bits per heavy atom. The van der Waals surface area contributed by atoms with Crippen molar-refractivity contribution >= 4 is 5.95 Å². The summed E-state index contributed by atoms with van der Waals surface area (Å²) in [6.07, 6.45) is 12.0. The molecule has 3 aromatic rings. The van der Waals surface area contributed by atoms with Crippen LogP contribution in [0.25, 0.3) is 11.5 Å². The van der Waals surface area contributed by atoms with Crippen LogP contribution in [-0.2, 0) is 6.54 Å². The molecule has 0 amide bonds. The van der Waals surface area contributed by atoms with Gasteiger partial charge in [-0.1, -0.05) is 11.6 Å². The molecule has 0 atom stereocenters. The summed E-state index contributed by atoms with van der Waals surface area (Å²) in [5.74, 6) is 3.38. The van der Waals surface area contributed by atoms with Crippen LogP contribution in [0.1, 0.15) is 67.9 Å². The number of nitrogens with one attached hydrogen (secondary N) is 1. The van der Waals surface area contributed by atoms with Crippen molar-refractivity contribution in [3.63, 3.8) is 0 Å². The fourth-order valence-corrected chi connectivity index (χ4v) is 3.86. The van der Waals surface area contributed by atoms with E-state index in [0.717, 1.165) is 54.2 Å². The number of ether oxygens (including phenoxy) is 1. The van der Waals surface area contributed by atoms with Gasteiger partial charge in [-0.15, -0.1) is 0 Å². The van der Waals surface area contributed by atoms with Gasteiger partial charge < -0.3 is 14.6 Å². The Bertz CT molecular complexity index is 993. The number of hydrogen-bond donors (Lipinski definition) is 1. The summed E-state index contributed by atoms with van der Waals surface area (Å²) < 4.78 is 11.7. The predicted molar refractivity (Wildman–Crippen MR) is 111 cm³/mol. The maximum Gasteiger partial charge on any atom is 0.226 e. The monoisotopic (exact) mass is 406 g/mol. The molecule has 0 bridgehead atoms. The molecule has 3 heterocycles. The Balaban J connectivity index is 1.28. The number of pyridine rings is 1. The topological polar surface area (TPSA) is 98.9 Å². The zero-order chi connectivity index (χ0) is 20.3. The first-order chi connectivity index (χ1) is 14.8. The summed E-state index contributed by atoms with van der Waals surface area (Å²) >= 11 is 0. The number of hydrogen-bond acceptors (Lipinski definition) is 8. The molecule has 0 unspecified atom stereocenters. The van der Waals surface area contributed by atoms with E-state index in [4.69, 9.17) is 9.26 Å². The molecule has 5 rings (SSSR count). The second-order valence-electron chi connectivity index (χ2n) is 8.13. The molecule has 156 valence electrons. The lowest BCUT2D eigenvalue weighted by atomic mass is 9.98. The highest BCUT2D eigenvalue weighted by Crippen LogP contribution is 2.37. The smallest absolute Gasteiger partial charge is 0.226 e. The predicted octanol–water partition coefficient (Wildman–Crippen LogP) is 4.43. The number of aromatic nitrogens is 5. The first kappa shape index (κ1) is 19.0. The Morgan fingerprint density at radius 2 is 1.93 bits per heavy atom. The van der Waals surface area contributed by atoms with Crippen LogP contribution in [0.2, 0.25) is 0 Å². The van der Waals surface area contributed by atoms with Crippen molar-refractivity contribution in [2.45, 2.75) is 70.4 Å². The van der Waals surface area contributed by atoms with Crippen LogP contribution in [-0.4, -0.2) is 31.2 Å². The van der Waals surface area contributed by atoms with Crippen LogP contribution in [0, 0.1) is 6.92 Å². The fourth-order valence-electron chi connectivity index (χ4n) is 3.86. The van der Waals surface area contributed by atoms with Crippen molar-refractivity contribution in [3.8, 4) is 17.2 Å². The maximum atomic E-state index is 6.08. The van der Waals surface area contributed by atoms with Gasteiger partial charge in [-0.25, -0.2) is 15.0 Å². The molecule has 2 fully saturated rings. The van der Waals surface area contributed by atoms with Crippen molar-refractivity contribution in [2.75, 3.05) is 5.32 Å². The number of rotatable bonds is 7. The summed E-state index contributed by atoms with van der Waals surface area (Å²) in [6.45, 7) is 2.42. The van der Waals surface area contributed by atoms with Gasteiger partial charge in [0, 0.05) is 18.0 Å². The molecule has 0 aliphatic heterocycles. The van der Waals surface area contributed by atoms with Gasteiger partial charge in [0.2, 0.25) is 5.95 Å². The van der Waals surface area contributed by atoms with Crippen LogP contribution in [0.5, 0.6) is 5.75 Å². The van der Waals surface area contributed by atoms with Gasteiger partial charge in [-0.2, -0.15) is 4.98 Å². The number of aryl methyl sites for hydroxylation is 1. The minimum atomic E-state index is 0.305. The summed E-state index contributed by atoms with van der Waals surface area (Å²) in [6, 6.07) is 3.88. The van der Waals surface area contributed by atoms with Crippen LogP contribution >= 0.6 is 0 Å². The lowest BCUT2D eigenvalue weighted by Crippen LogP contribution is -2.19. The van der Waals surface area contributed by atoms with Crippen LogP contribution < -0.4 is 10.1 Å². The standard InChI is InChI=1S/C22H26N6O2/c1-14-18(12-24-22-26-13-25-21(27-22)15-7-8-15)20(30-28-14)19-10-9-17(11-23-19)29-16-5-3-2-4-6-16/h9-11,13,15-16H,2-8,12H2,1H3,(H,24,25,26,27). The van der Waals surface area contributed by atoms with Gasteiger partial charge >= 0.3 is 0 Å². The fraction of sp³-hybridized carbons (Fsp3) is 0.500. The number of nitrogens with zero attached hydrogens (tertiary/aromatic N) is 5. The Labute approximate surface area is 175 Å². The molecule has 2 saturated carbocycles. The van der Waals surface area contributed by atoms with E-state index < -0.39 is 0 Å². The van der Waals surface area contributed by atoms with Crippen LogP contribution in [0.4, 0.5) is 5.95 Å². The Morgan fingerprint density at radius 3 is 2.70 bits per heavy atom. The van der Waals surface area contributed by atoms with E-state index in [9.17, 15) is 0 Å². The molecule has 0 aromatic carbocycles. The minimum Gasteiger partial charge on any atom is -0.489 e. The van der Waals surface area contributed by atoms with Crippen LogP contribution in [0.3, 0.4) is 0 Å². The van der Waals surface area contributed by atoms with E-state index in [2.05, 4.69) is 30.4 Å². The van der Waals surface area contributed by atoms with Gasteiger partial charge in [0.05, 0.1) is 18.0 Å². The summed E-state index contributed by atoms with van der Waals surface area (Å²) in [4.78, 5) is 17.6. The molecular formula is C22H26N6O2. The Hall–Kier alpha value is -3.03. The van der Waals surface area contributed by atoms with E-state index in [1.165, 1.54) is 19.3 Å². The molecule has 8 nitrogen and oxygen atoms in total. The molecule has 0 saturated heterocycles. The molecule has 0 spiro atoms. The molecule has 8 heteroatoms. The molecule has 30 heavy (non-hydrogen) atoms. The molecule has 3 aromatic heterocycles. The van der Waals surface area contributed by atoms with E-state index >= 15 is 0 Å². The van der Waals surface area contributed by atoms with E-state index in [-0.39, 0.29) is 0 Å². The van der Waals surface area contributed by atoms with E-state index in [1.807, 2.05) is 19.1 Å². The van der Waals surface area contributed by atoms with Gasteiger partial charge in [0.25, 0.3) is 0 Å². The zero-order valence-electron chi connectivity index (χ0n) is 17.2. The van der Waals surface area contributed by atoms with Gasteiger partial charge in [-0.3, -0.25) is 0 Å². The van der Waals surface area contributed by atoms with Gasteiger partial charge in [0.15, 0.2) is 5.76 Å². The third kappa shape index (κ3) is 4.27. The van der Waals surface area contributed by atoms with E-state index in [1.54, 1.807) is 12.5 Å². The molecule has 0 radical (unpaired) electrons. The first-order valence-electron chi connectivity index (χ1n) is 10.8. The SMILES string of the molecule is Cc1noc(-c2ccc(OC3CCCCC3)cn2)c1CNc1ncnc(C2CC2)n1. The average Bonchev–Trinajstić information content (AvgIpc) is 3.57. The second-order valence-corrected chi connectivity index (χ2v) is 8.13. The first-order valence-corrected chi connectivity index (χ1v) is 10.8. The molecular weight excluding hydrogens is 380 g/mol. The number of anilines is 1. The third-order valence-electron chi connectivity index (χ3n) is 5.76. The highest BCUT2D eigenvalue weighted by molar-refractivity contribution is 5.58. The third-order valence-corrected chi connectivity index (χ3v) is 5.76. The van der Waals surface area contributed by atoms with Crippen LogP contribution in [0.15, 0.2) is 29.2 Å². The van der Waals surface area contributed by atoms with Crippen molar-refractivity contribution < 1.29 is 9.26 Å². The van der Waals surface area contributed by atoms with Crippen molar-refractivity contribution in [1.82, 2.24) is 25.1 Å². The summed E-state index contributed by atoms with van der Waals surface area (Å²) in [5.41, 5.74) is 2.49. The highest BCUT2D eigenvalue weighted by Gasteiger charge is 2.27. The van der Waals surface area contributed by atoms with E-state index in [0.29, 0.717) is 30.3 Å². The largest absolute Gasteiger partial charge is 0.489 e. The normalized spacial score (nSPS) is 17.1. The zero-order valence-corrected chi connectivity index (χ0v) is 17.2. The lowest BCUT2D eigenvalue weighted by molar-refractivity contribution is 0.154. The second kappa shape index (κ2) is 8.38. The average molecular weight is 406 g/mol. The maximum absolute atomic E-state index is 6.08. The quantitative estimate of drug-likeness (QED) is 0.615. The molecule has 1 N–H and O–H groups in total. The van der Waals surface area contributed by atoms with Crippen molar-refractivity contribution in [3.05, 3.63) is 41.7 Å². The summed E-state index contributed by atoms with van der Waals surface area (Å²) in [5, 5.41) is 7.41.